The number of aromatic nitrogens is 1. The zero-order valence-electron chi connectivity index (χ0n) is 16.3. The summed E-state index contributed by atoms with van der Waals surface area (Å²) in [7, 11) is 0. The molecule has 1 aromatic heterocycles. The molecule has 0 saturated heterocycles. The lowest BCUT2D eigenvalue weighted by molar-refractivity contribution is 0.102. The number of benzene rings is 3. The summed E-state index contributed by atoms with van der Waals surface area (Å²) in [6, 6.07) is 21.2. The van der Waals surface area contributed by atoms with Gasteiger partial charge in [-0.3, -0.25) is 4.79 Å². The predicted octanol–water partition coefficient (Wildman–Crippen LogP) is 6.87. The molecule has 0 fully saturated rings. The van der Waals surface area contributed by atoms with E-state index in [4.69, 9.17) is 4.42 Å². The first-order valence-corrected chi connectivity index (χ1v) is 10.7. The normalized spacial score (nSPS) is 12.1. The number of hydrogen-bond acceptors (Lipinski definition) is 3. The van der Waals surface area contributed by atoms with E-state index in [1.54, 1.807) is 0 Å². The van der Waals surface area contributed by atoms with E-state index in [9.17, 15) is 4.79 Å². The fourth-order valence-electron chi connectivity index (χ4n) is 3.11. The summed E-state index contributed by atoms with van der Waals surface area (Å²) in [6.07, 6.45) is 1.09. The minimum atomic E-state index is -0.131. The highest BCUT2D eigenvalue weighted by Gasteiger charge is 2.12. The molecule has 1 atom stereocenters. The molecule has 146 valence electrons. The zero-order chi connectivity index (χ0) is 20.4. The van der Waals surface area contributed by atoms with Crippen LogP contribution >= 0.6 is 22.6 Å². The average Bonchev–Trinajstić information content (AvgIpc) is 3.17. The third-order valence-corrected chi connectivity index (χ3v) is 5.81. The topological polar surface area (TPSA) is 55.1 Å². The van der Waals surface area contributed by atoms with Gasteiger partial charge in [-0.05, 0) is 101 Å². The minimum Gasteiger partial charge on any atom is -0.436 e. The van der Waals surface area contributed by atoms with Crippen molar-refractivity contribution in [2.45, 2.75) is 26.2 Å². The summed E-state index contributed by atoms with van der Waals surface area (Å²) in [5, 5.41) is 2.92. The van der Waals surface area contributed by atoms with E-state index in [1.165, 1.54) is 5.56 Å². The maximum Gasteiger partial charge on any atom is 0.255 e. The number of amides is 1. The molecule has 1 N–H and O–H groups in total. The molecule has 0 aliphatic rings. The van der Waals surface area contributed by atoms with Crippen LogP contribution in [0.15, 0.2) is 71.1 Å². The van der Waals surface area contributed by atoms with Crippen molar-refractivity contribution in [3.05, 3.63) is 81.4 Å². The van der Waals surface area contributed by atoms with E-state index in [2.05, 4.69) is 58.9 Å². The van der Waals surface area contributed by atoms with Crippen LogP contribution in [-0.4, -0.2) is 10.9 Å². The van der Waals surface area contributed by atoms with Gasteiger partial charge in [0.2, 0.25) is 5.89 Å². The lowest BCUT2D eigenvalue weighted by Gasteiger charge is -2.07. The summed E-state index contributed by atoms with van der Waals surface area (Å²) in [6.45, 7) is 4.40. The van der Waals surface area contributed by atoms with Gasteiger partial charge in [-0.15, -0.1) is 0 Å². The largest absolute Gasteiger partial charge is 0.436 e. The van der Waals surface area contributed by atoms with Crippen LogP contribution in [0.2, 0.25) is 0 Å². The van der Waals surface area contributed by atoms with Crippen LogP contribution in [-0.2, 0) is 0 Å². The summed E-state index contributed by atoms with van der Waals surface area (Å²) in [5.74, 6) is 0.945. The van der Waals surface area contributed by atoms with E-state index in [-0.39, 0.29) is 5.91 Å². The van der Waals surface area contributed by atoms with E-state index in [0.717, 1.165) is 32.3 Å². The highest BCUT2D eigenvalue weighted by atomic mass is 127. The first-order chi connectivity index (χ1) is 14.0. The maximum absolute atomic E-state index is 12.4. The van der Waals surface area contributed by atoms with Gasteiger partial charge in [-0.2, -0.15) is 0 Å². The molecule has 29 heavy (non-hydrogen) atoms. The van der Waals surface area contributed by atoms with E-state index >= 15 is 0 Å². The fraction of sp³-hybridized carbons (Fsp3) is 0.167. The summed E-state index contributed by atoms with van der Waals surface area (Å²) in [4.78, 5) is 17.0. The van der Waals surface area contributed by atoms with Gasteiger partial charge in [0, 0.05) is 20.4 Å². The minimum absolute atomic E-state index is 0.131. The monoisotopic (exact) mass is 496 g/mol. The van der Waals surface area contributed by atoms with Crippen LogP contribution in [0.1, 0.15) is 42.1 Å². The Morgan fingerprint density at radius 3 is 2.48 bits per heavy atom. The first-order valence-electron chi connectivity index (χ1n) is 9.61. The van der Waals surface area contributed by atoms with Crippen LogP contribution < -0.4 is 5.32 Å². The summed E-state index contributed by atoms with van der Waals surface area (Å²) >= 11 is 2.22. The lowest BCUT2D eigenvalue weighted by Crippen LogP contribution is -2.11. The van der Waals surface area contributed by atoms with Crippen molar-refractivity contribution in [2.24, 2.45) is 0 Å². The second-order valence-electron chi connectivity index (χ2n) is 7.09. The Kier molecular flexibility index (Phi) is 5.67. The van der Waals surface area contributed by atoms with Crippen molar-refractivity contribution < 1.29 is 9.21 Å². The number of halogens is 1. The number of fused-ring (bicyclic) bond motifs is 1. The Morgan fingerprint density at radius 2 is 1.79 bits per heavy atom. The Balaban J connectivity index is 1.52. The number of rotatable bonds is 5. The molecule has 4 rings (SSSR count). The molecule has 1 heterocycles. The molecule has 0 bridgehead atoms. The van der Waals surface area contributed by atoms with Crippen molar-refractivity contribution in [3.8, 4) is 11.5 Å². The smallest absolute Gasteiger partial charge is 0.255 e. The Hall–Kier alpha value is -2.67. The molecular weight excluding hydrogens is 475 g/mol. The van der Waals surface area contributed by atoms with E-state index < -0.39 is 0 Å². The number of carbonyl (C=O) groups is 1. The Labute approximate surface area is 183 Å². The van der Waals surface area contributed by atoms with Crippen molar-refractivity contribution in [1.29, 1.82) is 0 Å². The molecule has 0 spiro atoms. The number of hydrogen-bond donors (Lipinski definition) is 1. The van der Waals surface area contributed by atoms with Crippen molar-refractivity contribution in [2.75, 3.05) is 5.32 Å². The van der Waals surface area contributed by atoms with Crippen LogP contribution in [0.4, 0.5) is 5.69 Å². The van der Waals surface area contributed by atoms with Crippen molar-refractivity contribution in [3.63, 3.8) is 0 Å². The van der Waals surface area contributed by atoms with Crippen LogP contribution in [0, 0.1) is 3.57 Å². The number of nitrogens with zero attached hydrogens (tertiary/aromatic N) is 1. The third kappa shape index (κ3) is 4.34. The number of carbonyl (C=O) groups excluding carboxylic acids is 1. The standard InChI is InChI=1S/C24H21IN2O2/c1-3-15(2)18-8-13-22-21(14-18)27-24(29-22)17-6-11-20(12-7-17)26-23(28)16-4-9-19(25)10-5-16/h4-15H,3H2,1-2H3,(H,26,28). The van der Waals surface area contributed by atoms with E-state index in [0.29, 0.717) is 17.4 Å². The molecule has 4 aromatic rings. The molecule has 1 amide bonds. The van der Waals surface area contributed by atoms with Gasteiger partial charge in [-0.25, -0.2) is 4.98 Å². The van der Waals surface area contributed by atoms with E-state index in [1.807, 2.05) is 54.6 Å². The molecular formula is C24H21IN2O2. The highest BCUT2D eigenvalue weighted by Crippen LogP contribution is 2.28. The van der Waals surface area contributed by atoms with Crippen LogP contribution in [0.5, 0.6) is 0 Å². The summed E-state index contributed by atoms with van der Waals surface area (Å²) < 4.78 is 7.02. The van der Waals surface area contributed by atoms with Crippen molar-refractivity contribution >= 4 is 45.3 Å². The van der Waals surface area contributed by atoms with Crippen LogP contribution in [0.25, 0.3) is 22.6 Å². The highest BCUT2D eigenvalue weighted by molar-refractivity contribution is 14.1. The molecule has 5 heteroatoms. The van der Waals surface area contributed by atoms with Gasteiger partial charge in [0.05, 0.1) is 0 Å². The molecule has 4 nitrogen and oxygen atoms in total. The Morgan fingerprint density at radius 1 is 1.07 bits per heavy atom. The fourth-order valence-corrected chi connectivity index (χ4v) is 3.47. The van der Waals surface area contributed by atoms with Gasteiger partial charge in [0.15, 0.2) is 5.58 Å². The quantitative estimate of drug-likeness (QED) is 0.307. The van der Waals surface area contributed by atoms with Gasteiger partial charge >= 0.3 is 0 Å². The molecule has 0 saturated carbocycles. The molecule has 0 radical (unpaired) electrons. The maximum atomic E-state index is 12.4. The number of nitrogens with one attached hydrogen (secondary N) is 1. The second-order valence-corrected chi connectivity index (χ2v) is 8.34. The van der Waals surface area contributed by atoms with Gasteiger partial charge in [0.25, 0.3) is 5.91 Å². The molecule has 3 aromatic carbocycles. The van der Waals surface area contributed by atoms with Crippen LogP contribution in [0.3, 0.4) is 0 Å². The van der Waals surface area contributed by atoms with Gasteiger partial charge in [-0.1, -0.05) is 19.9 Å². The molecule has 0 aliphatic carbocycles. The number of oxazole rings is 1. The van der Waals surface area contributed by atoms with Gasteiger partial charge in [0.1, 0.15) is 5.52 Å². The van der Waals surface area contributed by atoms with Gasteiger partial charge < -0.3 is 9.73 Å². The average molecular weight is 496 g/mol. The predicted molar refractivity (Wildman–Crippen MR) is 125 cm³/mol. The zero-order valence-corrected chi connectivity index (χ0v) is 18.4. The summed E-state index contributed by atoms with van der Waals surface area (Å²) in [5.41, 5.74) is 5.15. The molecule has 1 unspecified atom stereocenters. The second kappa shape index (κ2) is 8.37. The van der Waals surface area contributed by atoms with Crippen molar-refractivity contribution in [1.82, 2.24) is 4.98 Å². The Bertz CT molecular complexity index is 1150. The SMILES string of the molecule is CCC(C)c1ccc2oc(-c3ccc(NC(=O)c4ccc(I)cc4)cc3)nc2c1. The third-order valence-electron chi connectivity index (χ3n) is 5.09. The molecule has 0 aliphatic heterocycles. The number of anilines is 1. The first kappa shape index (κ1) is 19.6. The lowest BCUT2D eigenvalue weighted by atomic mass is 9.98.